The van der Waals surface area contributed by atoms with Crippen LogP contribution in [0.4, 0.5) is 11.9 Å². The third-order valence-corrected chi connectivity index (χ3v) is 2.14. The molecule has 0 aromatic carbocycles. The van der Waals surface area contributed by atoms with Crippen molar-refractivity contribution in [2.75, 3.05) is 24.6 Å². The van der Waals surface area contributed by atoms with Crippen LogP contribution in [0, 0.1) is 0 Å². The van der Waals surface area contributed by atoms with E-state index >= 15 is 0 Å². The van der Waals surface area contributed by atoms with E-state index < -0.39 is 5.60 Å². The summed E-state index contributed by atoms with van der Waals surface area (Å²) in [6.45, 7) is 7.29. The molecule has 0 spiro atoms. The van der Waals surface area contributed by atoms with Gasteiger partial charge in [-0.25, -0.2) is 0 Å². The lowest BCUT2D eigenvalue weighted by Crippen LogP contribution is -2.38. The Labute approximate surface area is 101 Å². The van der Waals surface area contributed by atoms with Crippen LogP contribution in [0.1, 0.15) is 26.6 Å². The van der Waals surface area contributed by atoms with Crippen LogP contribution < -0.4 is 11.5 Å². The first kappa shape index (κ1) is 13.6. The first-order valence-corrected chi connectivity index (χ1v) is 5.51. The highest BCUT2D eigenvalue weighted by Crippen LogP contribution is 2.08. The van der Waals surface area contributed by atoms with Gasteiger partial charge in [-0.1, -0.05) is 6.92 Å². The van der Waals surface area contributed by atoms with Gasteiger partial charge in [0.1, 0.15) is 5.82 Å². The second-order valence-corrected chi connectivity index (χ2v) is 4.58. The average molecular weight is 240 g/mol. The highest BCUT2D eigenvalue weighted by atomic mass is 16.3. The lowest BCUT2D eigenvalue weighted by Gasteiger charge is -2.27. The molecule has 0 bridgehead atoms. The molecule has 0 amide bonds. The van der Waals surface area contributed by atoms with Gasteiger partial charge in [0.05, 0.1) is 12.1 Å². The minimum absolute atomic E-state index is 0.117. The number of nitrogen functional groups attached to an aromatic ring is 2. The first-order valence-electron chi connectivity index (χ1n) is 5.51. The summed E-state index contributed by atoms with van der Waals surface area (Å²) in [5.74, 6) is 0.750. The van der Waals surface area contributed by atoms with E-state index in [2.05, 4.69) is 15.0 Å². The lowest BCUT2D eigenvalue weighted by atomic mass is 10.1. The van der Waals surface area contributed by atoms with E-state index in [1.165, 1.54) is 0 Å². The summed E-state index contributed by atoms with van der Waals surface area (Å²) in [5.41, 5.74) is 10.2. The summed E-state index contributed by atoms with van der Waals surface area (Å²) in [4.78, 5) is 13.7. The normalized spacial score (nSPS) is 12.1. The van der Waals surface area contributed by atoms with Crippen LogP contribution in [0.5, 0.6) is 0 Å². The number of hydrogen-bond donors (Lipinski definition) is 3. The number of nitrogens with zero attached hydrogens (tertiary/aromatic N) is 4. The lowest BCUT2D eigenvalue weighted by molar-refractivity contribution is 0.0346. The van der Waals surface area contributed by atoms with E-state index in [1.807, 2.05) is 11.8 Å². The smallest absolute Gasteiger partial charge is 0.225 e. The van der Waals surface area contributed by atoms with Gasteiger partial charge in [0.2, 0.25) is 11.9 Å². The van der Waals surface area contributed by atoms with Gasteiger partial charge < -0.3 is 16.6 Å². The molecule has 5 N–H and O–H groups in total. The van der Waals surface area contributed by atoms with Crippen LogP contribution in [-0.4, -0.2) is 43.6 Å². The second-order valence-electron chi connectivity index (χ2n) is 4.58. The average Bonchev–Trinajstić information content (AvgIpc) is 2.12. The SMILES string of the molecule is CCN(Cc1nc(N)nc(N)n1)CC(C)(C)O. The van der Waals surface area contributed by atoms with Gasteiger partial charge in [0.15, 0.2) is 0 Å². The van der Waals surface area contributed by atoms with E-state index in [-0.39, 0.29) is 11.9 Å². The summed E-state index contributed by atoms with van der Waals surface area (Å²) < 4.78 is 0. The van der Waals surface area contributed by atoms with Crippen molar-refractivity contribution in [2.24, 2.45) is 0 Å². The summed E-state index contributed by atoms with van der Waals surface area (Å²) in [6.07, 6.45) is 0. The molecule has 96 valence electrons. The summed E-state index contributed by atoms with van der Waals surface area (Å²) in [7, 11) is 0. The predicted molar refractivity (Wildman–Crippen MR) is 65.9 cm³/mol. The maximum atomic E-state index is 9.76. The number of aromatic nitrogens is 3. The maximum Gasteiger partial charge on any atom is 0.225 e. The molecule has 0 fully saturated rings. The van der Waals surface area contributed by atoms with E-state index in [0.29, 0.717) is 18.9 Å². The van der Waals surface area contributed by atoms with Gasteiger partial charge >= 0.3 is 0 Å². The van der Waals surface area contributed by atoms with Crippen molar-refractivity contribution in [3.8, 4) is 0 Å². The minimum atomic E-state index is -0.764. The summed E-state index contributed by atoms with van der Waals surface area (Å²) in [5, 5.41) is 9.76. The number of rotatable bonds is 5. The molecule has 0 aliphatic heterocycles. The van der Waals surface area contributed by atoms with Crippen molar-refractivity contribution in [2.45, 2.75) is 32.9 Å². The molecular weight excluding hydrogens is 220 g/mol. The molecule has 0 aliphatic rings. The van der Waals surface area contributed by atoms with Crippen LogP contribution in [0.15, 0.2) is 0 Å². The zero-order chi connectivity index (χ0) is 13.1. The Morgan fingerprint density at radius 3 is 2.12 bits per heavy atom. The largest absolute Gasteiger partial charge is 0.389 e. The Morgan fingerprint density at radius 2 is 1.71 bits per heavy atom. The Morgan fingerprint density at radius 1 is 1.18 bits per heavy atom. The number of aliphatic hydroxyl groups is 1. The predicted octanol–water partition coefficient (Wildman–Crippen LogP) is -0.371. The molecule has 0 saturated heterocycles. The molecule has 7 nitrogen and oxygen atoms in total. The Bertz CT molecular complexity index is 355. The fraction of sp³-hybridized carbons (Fsp3) is 0.700. The van der Waals surface area contributed by atoms with Gasteiger partial charge in [-0.15, -0.1) is 0 Å². The highest BCUT2D eigenvalue weighted by Gasteiger charge is 2.18. The van der Waals surface area contributed by atoms with Crippen LogP contribution in [0.25, 0.3) is 0 Å². The zero-order valence-electron chi connectivity index (χ0n) is 10.5. The van der Waals surface area contributed by atoms with Crippen LogP contribution in [0.2, 0.25) is 0 Å². The van der Waals surface area contributed by atoms with Crippen LogP contribution in [-0.2, 0) is 6.54 Å². The third-order valence-electron chi connectivity index (χ3n) is 2.14. The Kier molecular flexibility index (Phi) is 4.19. The standard InChI is InChI=1S/C10H20N6O/c1-4-16(6-10(2,3)17)5-7-13-8(11)15-9(12)14-7/h17H,4-6H2,1-3H3,(H4,11,12,13,14,15). The quantitative estimate of drug-likeness (QED) is 0.643. The van der Waals surface area contributed by atoms with Crippen LogP contribution in [0.3, 0.4) is 0 Å². The molecule has 1 heterocycles. The van der Waals surface area contributed by atoms with Gasteiger partial charge in [-0.3, -0.25) is 4.90 Å². The number of hydrogen-bond acceptors (Lipinski definition) is 7. The molecule has 1 rings (SSSR count). The van der Waals surface area contributed by atoms with Crippen molar-refractivity contribution in [3.63, 3.8) is 0 Å². The molecular formula is C10H20N6O. The second kappa shape index (κ2) is 5.24. The first-order chi connectivity index (χ1) is 7.80. The number of likely N-dealkylation sites (N-methyl/N-ethyl adjacent to an activating group) is 1. The van der Waals surface area contributed by atoms with E-state index in [0.717, 1.165) is 6.54 Å². The van der Waals surface area contributed by atoms with Crippen molar-refractivity contribution >= 4 is 11.9 Å². The fourth-order valence-electron chi connectivity index (χ4n) is 1.55. The Hall–Kier alpha value is -1.47. The van der Waals surface area contributed by atoms with Gasteiger partial charge in [0.25, 0.3) is 0 Å². The number of nitrogens with two attached hydrogens (primary N) is 2. The third kappa shape index (κ3) is 4.92. The van der Waals surface area contributed by atoms with Crippen molar-refractivity contribution in [1.82, 2.24) is 19.9 Å². The minimum Gasteiger partial charge on any atom is -0.389 e. The summed E-state index contributed by atoms with van der Waals surface area (Å²) in [6, 6.07) is 0. The topological polar surface area (TPSA) is 114 Å². The molecule has 17 heavy (non-hydrogen) atoms. The van der Waals surface area contributed by atoms with Crippen molar-refractivity contribution in [3.05, 3.63) is 5.82 Å². The van der Waals surface area contributed by atoms with E-state index in [9.17, 15) is 5.11 Å². The van der Waals surface area contributed by atoms with Crippen molar-refractivity contribution in [1.29, 1.82) is 0 Å². The van der Waals surface area contributed by atoms with Gasteiger partial charge in [0, 0.05) is 6.54 Å². The summed E-state index contributed by atoms with van der Waals surface area (Å²) >= 11 is 0. The molecule has 0 unspecified atom stereocenters. The molecule has 0 atom stereocenters. The zero-order valence-corrected chi connectivity index (χ0v) is 10.5. The molecule has 0 radical (unpaired) electrons. The van der Waals surface area contributed by atoms with Crippen LogP contribution >= 0.6 is 0 Å². The monoisotopic (exact) mass is 240 g/mol. The molecule has 7 heteroatoms. The van der Waals surface area contributed by atoms with Gasteiger partial charge in [-0.2, -0.15) is 15.0 Å². The molecule has 0 saturated carbocycles. The molecule has 1 aromatic rings. The van der Waals surface area contributed by atoms with Crippen molar-refractivity contribution < 1.29 is 5.11 Å². The van der Waals surface area contributed by atoms with E-state index in [1.54, 1.807) is 13.8 Å². The number of anilines is 2. The Balaban J connectivity index is 2.73. The maximum absolute atomic E-state index is 9.76. The molecule has 0 aliphatic carbocycles. The highest BCUT2D eigenvalue weighted by molar-refractivity contribution is 5.25. The molecule has 1 aromatic heterocycles. The fourth-order valence-corrected chi connectivity index (χ4v) is 1.55. The van der Waals surface area contributed by atoms with E-state index in [4.69, 9.17) is 11.5 Å². The van der Waals surface area contributed by atoms with Gasteiger partial charge in [-0.05, 0) is 20.4 Å².